The summed E-state index contributed by atoms with van der Waals surface area (Å²) in [4.78, 5) is 26.5. The smallest absolute Gasteiger partial charge is 0.263 e. The summed E-state index contributed by atoms with van der Waals surface area (Å²) in [5, 5.41) is 2.98. The van der Waals surface area contributed by atoms with E-state index in [4.69, 9.17) is 4.74 Å². The highest BCUT2D eigenvalue weighted by Crippen LogP contribution is 2.23. The Morgan fingerprint density at radius 1 is 0.938 bits per heavy atom. The van der Waals surface area contributed by atoms with Crippen molar-refractivity contribution in [2.75, 3.05) is 7.05 Å². The third-order valence-electron chi connectivity index (χ3n) is 5.55. The summed E-state index contributed by atoms with van der Waals surface area (Å²) in [5.74, 6) is 0.515. The lowest BCUT2D eigenvalue weighted by Gasteiger charge is -2.22. The van der Waals surface area contributed by atoms with Crippen molar-refractivity contribution in [3.63, 3.8) is 0 Å². The molecule has 4 rings (SSSR count). The Balaban J connectivity index is 1.30. The Morgan fingerprint density at radius 3 is 2.19 bits per heavy atom. The molecule has 5 heteroatoms. The van der Waals surface area contributed by atoms with E-state index in [1.807, 2.05) is 54.6 Å². The van der Waals surface area contributed by atoms with Crippen molar-refractivity contribution in [3.8, 4) is 16.9 Å². The van der Waals surface area contributed by atoms with Crippen LogP contribution in [0.5, 0.6) is 5.75 Å². The van der Waals surface area contributed by atoms with Crippen LogP contribution in [0.25, 0.3) is 11.1 Å². The van der Waals surface area contributed by atoms with Gasteiger partial charge < -0.3 is 15.0 Å². The van der Waals surface area contributed by atoms with Crippen LogP contribution in [0, 0.1) is 0 Å². The van der Waals surface area contributed by atoms with Gasteiger partial charge in [-0.1, -0.05) is 54.6 Å². The number of rotatable bonds is 8. The molecule has 0 radical (unpaired) electrons. The minimum atomic E-state index is -0.605. The van der Waals surface area contributed by atoms with Crippen LogP contribution in [0.2, 0.25) is 0 Å². The fourth-order valence-electron chi connectivity index (χ4n) is 3.53. The van der Waals surface area contributed by atoms with E-state index < -0.39 is 6.10 Å². The maximum Gasteiger partial charge on any atom is 0.263 e. The molecule has 0 bridgehead atoms. The molecule has 5 nitrogen and oxygen atoms in total. The van der Waals surface area contributed by atoms with Crippen LogP contribution in [0.1, 0.15) is 35.7 Å². The molecular formula is C27H28N2O3. The number of benzene rings is 3. The van der Waals surface area contributed by atoms with Crippen molar-refractivity contribution in [1.29, 1.82) is 0 Å². The predicted octanol–water partition coefficient (Wildman–Crippen LogP) is 4.67. The average molecular weight is 429 g/mol. The molecule has 1 aliphatic carbocycles. The minimum absolute atomic E-state index is 0.0382. The molecule has 1 N–H and O–H groups in total. The van der Waals surface area contributed by atoms with Gasteiger partial charge in [0.05, 0.1) is 0 Å². The molecule has 0 spiro atoms. The van der Waals surface area contributed by atoms with Crippen LogP contribution in [0.3, 0.4) is 0 Å². The van der Waals surface area contributed by atoms with Crippen molar-refractivity contribution >= 4 is 11.8 Å². The second-order valence-corrected chi connectivity index (χ2v) is 8.29. The molecule has 3 aromatic carbocycles. The molecule has 0 heterocycles. The van der Waals surface area contributed by atoms with Crippen LogP contribution >= 0.6 is 0 Å². The number of carbonyl (C=O) groups excluding carboxylic acids is 2. The largest absolute Gasteiger partial charge is 0.481 e. The minimum Gasteiger partial charge on any atom is -0.481 e. The third-order valence-corrected chi connectivity index (χ3v) is 5.55. The zero-order chi connectivity index (χ0) is 22.5. The molecule has 1 atom stereocenters. The van der Waals surface area contributed by atoms with Gasteiger partial charge in [-0.2, -0.15) is 0 Å². The molecule has 164 valence electrons. The van der Waals surface area contributed by atoms with E-state index in [2.05, 4.69) is 17.4 Å². The second-order valence-electron chi connectivity index (χ2n) is 8.29. The highest BCUT2D eigenvalue weighted by molar-refractivity contribution is 5.94. The Labute approximate surface area is 189 Å². The van der Waals surface area contributed by atoms with Gasteiger partial charge in [-0.15, -0.1) is 0 Å². The third kappa shape index (κ3) is 5.55. The van der Waals surface area contributed by atoms with Gasteiger partial charge in [0.25, 0.3) is 11.8 Å². The number of nitrogens with one attached hydrogen (secondary N) is 1. The lowest BCUT2D eigenvalue weighted by Crippen LogP contribution is -2.37. The Bertz CT molecular complexity index is 1060. The molecular weight excluding hydrogens is 400 g/mol. The van der Waals surface area contributed by atoms with Crippen molar-refractivity contribution < 1.29 is 14.3 Å². The van der Waals surface area contributed by atoms with Gasteiger partial charge in [0.1, 0.15) is 5.75 Å². The first kappa shape index (κ1) is 21.6. The molecule has 0 saturated heterocycles. The van der Waals surface area contributed by atoms with Gasteiger partial charge >= 0.3 is 0 Å². The molecule has 0 aromatic heterocycles. The lowest BCUT2D eigenvalue weighted by atomic mass is 10.1. The summed E-state index contributed by atoms with van der Waals surface area (Å²) in [5.41, 5.74) is 3.84. The Hall–Kier alpha value is -3.60. The fraction of sp³-hybridized carbons (Fsp3) is 0.259. The molecule has 2 amide bonds. The van der Waals surface area contributed by atoms with E-state index in [9.17, 15) is 9.59 Å². The lowest BCUT2D eigenvalue weighted by molar-refractivity contribution is -0.137. The summed E-state index contributed by atoms with van der Waals surface area (Å²) < 4.78 is 5.88. The summed E-state index contributed by atoms with van der Waals surface area (Å²) in [6.45, 7) is 2.21. The first-order valence-corrected chi connectivity index (χ1v) is 11.0. The van der Waals surface area contributed by atoms with Gasteiger partial charge in [-0.3, -0.25) is 9.59 Å². The second kappa shape index (κ2) is 9.69. The van der Waals surface area contributed by atoms with Crippen LogP contribution in [-0.2, 0) is 11.3 Å². The van der Waals surface area contributed by atoms with Gasteiger partial charge in [0, 0.05) is 25.2 Å². The zero-order valence-corrected chi connectivity index (χ0v) is 18.5. The summed E-state index contributed by atoms with van der Waals surface area (Å²) >= 11 is 0. The first-order valence-electron chi connectivity index (χ1n) is 11.0. The molecule has 1 aliphatic rings. The highest BCUT2D eigenvalue weighted by Gasteiger charge is 2.24. The van der Waals surface area contributed by atoms with Gasteiger partial charge in [0.15, 0.2) is 6.10 Å². The molecule has 3 aromatic rings. The van der Waals surface area contributed by atoms with Crippen LogP contribution in [0.4, 0.5) is 0 Å². The highest BCUT2D eigenvalue weighted by atomic mass is 16.5. The Morgan fingerprint density at radius 2 is 1.56 bits per heavy atom. The number of ether oxygens (including phenoxy) is 1. The van der Waals surface area contributed by atoms with E-state index in [1.165, 1.54) is 0 Å². The van der Waals surface area contributed by atoms with Crippen LogP contribution in [-0.4, -0.2) is 35.9 Å². The SMILES string of the molecule is C[C@@H](Oc1ccc(-c2ccccc2)cc1)C(=O)N(C)Cc1ccc(C(=O)NC2CC2)cc1. The van der Waals surface area contributed by atoms with E-state index >= 15 is 0 Å². The molecule has 1 fully saturated rings. The van der Waals surface area contributed by atoms with Gasteiger partial charge in [0.2, 0.25) is 0 Å². The number of amides is 2. The standard InChI is InChI=1S/C27H28N2O3/c1-19(32-25-16-12-22(13-17-25)21-6-4-3-5-7-21)27(31)29(2)18-20-8-10-23(11-9-20)26(30)28-24-14-15-24/h3-13,16-17,19,24H,14-15,18H2,1-2H3,(H,28,30)/t19-/m1/s1. The maximum atomic E-state index is 12.8. The molecule has 1 saturated carbocycles. The van der Waals surface area contributed by atoms with Gasteiger partial charge in [-0.25, -0.2) is 0 Å². The number of carbonyl (C=O) groups is 2. The van der Waals surface area contributed by atoms with Gasteiger partial charge in [-0.05, 0) is 60.7 Å². The zero-order valence-electron chi connectivity index (χ0n) is 18.5. The van der Waals surface area contributed by atoms with E-state index in [0.717, 1.165) is 29.5 Å². The quantitative estimate of drug-likeness (QED) is 0.567. The number of hydrogen-bond donors (Lipinski definition) is 1. The Kier molecular flexibility index (Phi) is 6.55. The van der Waals surface area contributed by atoms with Crippen LogP contribution in [0.15, 0.2) is 78.9 Å². The van der Waals surface area contributed by atoms with E-state index in [1.54, 1.807) is 31.0 Å². The first-order chi connectivity index (χ1) is 15.5. The monoisotopic (exact) mass is 428 g/mol. The summed E-state index contributed by atoms with van der Waals surface area (Å²) in [7, 11) is 1.76. The molecule has 0 aliphatic heterocycles. The average Bonchev–Trinajstić information content (AvgIpc) is 3.64. The summed E-state index contributed by atoms with van der Waals surface area (Å²) in [6, 6.07) is 25.6. The number of likely N-dealkylation sites (N-methyl/N-ethyl adjacent to an activating group) is 1. The van der Waals surface area contributed by atoms with Crippen molar-refractivity contribution in [3.05, 3.63) is 90.0 Å². The van der Waals surface area contributed by atoms with Crippen LogP contribution < -0.4 is 10.1 Å². The molecule has 32 heavy (non-hydrogen) atoms. The van der Waals surface area contributed by atoms with E-state index in [-0.39, 0.29) is 11.8 Å². The van der Waals surface area contributed by atoms with Crippen molar-refractivity contribution in [2.45, 2.75) is 38.5 Å². The predicted molar refractivity (Wildman–Crippen MR) is 125 cm³/mol. The number of hydrogen-bond acceptors (Lipinski definition) is 3. The fourth-order valence-corrected chi connectivity index (χ4v) is 3.53. The summed E-state index contributed by atoms with van der Waals surface area (Å²) in [6.07, 6.45) is 1.52. The topological polar surface area (TPSA) is 58.6 Å². The maximum absolute atomic E-state index is 12.8. The van der Waals surface area contributed by atoms with E-state index in [0.29, 0.717) is 23.9 Å². The molecule has 0 unspecified atom stereocenters. The number of nitrogens with zero attached hydrogens (tertiary/aromatic N) is 1. The van der Waals surface area contributed by atoms with Crippen molar-refractivity contribution in [2.24, 2.45) is 0 Å². The normalized spacial score (nSPS) is 13.8. The van der Waals surface area contributed by atoms with Crippen molar-refractivity contribution in [1.82, 2.24) is 10.2 Å².